The number of benzene rings is 1. The van der Waals surface area contributed by atoms with Crippen molar-refractivity contribution in [3.8, 4) is 5.75 Å². The molecule has 0 aromatic heterocycles. The van der Waals surface area contributed by atoms with Gasteiger partial charge in [-0.25, -0.2) is 4.79 Å². The van der Waals surface area contributed by atoms with Crippen molar-refractivity contribution < 1.29 is 34.4 Å². The summed E-state index contributed by atoms with van der Waals surface area (Å²) in [6.07, 6.45) is -1.12. The SMILES string of the molecule is O=C(O)C[C@@H]1[C@@H](C(=O)O)NC[C@H]1Oc1ccccc1C(=O)O. The number of ether oxygens (including phenoxy) is 1. The standard InChI is InChI=1S/C14H15NO7/c16-11(17)5-8-10(6-15-12(8)14(20)21)22-9-4-2-1-3-7(9)13(18)19/h1-4,8,10,12,15H,5-6H2,(H,16,17)(H,18,19)(H,20,21)/t8-,10+,12-/m0/s1. The molecule has 4 N–H and O–H groups in total. The second-order valence-corrected chi connectivity index (χ2v) is 4.94. The van der Waals surface area contributed by atoms with E-state index in [0.717, 1.165) is 0 Å². The average molecular weight is 309 g/mol. The number of hydrogen-bond acceptors (Lipinski definition) is 5. The molecule has 1 saturated heterocycles. The first-order chi connectivity index (χ1) is 10.4. The number of hydrogen-bond donors (Lipinski definition) is 4. The number of carboxylic acids is 3. The molecule has 1 aromatic carbocycles. The predicted molar refractivity (Wildman–Crippen MR) is 73.0 cm³/mol. The minimum Gasteiger partial charge on any atom is -0.488 e. The summed E-state index contributed by atoms with van der Waals surface area (Å²) in [6, 6.07) is 4.90. The molecule has 8 nitrogen and oxygen atoms in total. The van der Waals surface area contributed by atoms with Gasteiger partial charge in [0.1, 0.15) is 23.5 Å². The van der Waals surface area contributed by atoms with Crippen LogP contribution in [0, 0.1) is 5.92 Å². The zero-order chi connectivity index (χ0) is 16.3. The third-order valence-corrected chi connectivity index (χ3v) is 3.52. The Labute approximate surface area is 125 Å². The van der Waals surface area contributed by atoms with Crippen molar-refractivity contribution in [2.75, 3.05) is 6.54 Å². The lowest BCUT2D eigenvalue weighted by Crippen LogP contribution is -2.38. The molecule has 1 heterocycles. The molecule has 1 aliphatic heterocycles. The van der Waals surface area contributed by atoms with Crippen molar-refractivity contribution >= 4 is 17.9 Å². The highest BCUT2D eigenvalue weighted by Gasteiger charge is 2.43. The van der Waals surface area contributed by atoms with Crippen molar-refractivity contribution in [2.45, 2.75) is 18.6 Å². The summed E-state index contributed by atoms with van der Waals surface area (Å²) in [5.41, 5.74) is -0.0599. The van der Waals surface area contributed by atoms with E-state index in [9.17, 15) is 14.4 Å². The maximum Gasteiger partial charge on any atom is 0.339 e. The molecule has 3 atom stereocenters. The molecule has 1 fully saturated rings. The lowest BCUT2D eigenvalue weighted by atomic mass is 9.94. The molecule has 0 saturated carbocycles. The first-order valence-corrected chi connectivity index (χ1v) is 6.57. The fraction of sp³-hybridized carbons (Fsp3) is 0.357. The maximum atomic E-state index is 11.2. The molecule has 1 aromatic rings. The van der Waals surface area contributed by atoms with Gasteiger partial charge in [-0.1, -0.05) is 12.1 Å². The van der Waals surface area contributed by atoms with Crippen molar-refractivity contribution in [1.29, 1.82) is 0 Å². The lowest BCUT2D eigenvalue weighted by Gasteiger charge is -2.22. The summed E-state index contributed by atoms with van der Waals surface area (Å²) in [7, 11) is 0. The molecule has 2 rings (SSSR count). The van der Waals surface area contributed by atoms with Crippen molar-refractivity contribution in [3.05, 3.63) is 29.8 Å². The largest absolute Gasteiger partial charge is 0.488 e. The number of aliphatic carboxylic acids is 2. The molecular weight excluding hydrogens is 294 g/mol. The summed E-state index contributed by atoms with van der Waals surface area (Å²) >= 11 is 0. The number of aromatic carboxylic acids is 1. The van der Waals surface area contributed by atoms with Gasteiger partial charge in [0.25, 0.3) is 0 Å². The topological polar surface area (TPSA) is 133 Å². The predicted octanol–water partition coefficient (Wildman–Crippen LogP) is 0.280. The van der Waals surface area contributed by atoms with Crippen LogP contribution in [-0.2, 0) is 9.59 Å². The van der Waals surface area contributed by atoms with Crippen molar-refractivity contribution in [1.82, 2.24) is 5.32 Å². The van der Waals surface area contributed by atoms with Gasteiger partial charge in [-0.2, -0.15) is 0 Å². The van der Waals surface area contributed by atoms with E-state index in [1.165, 1.54) is 18.2 Å². The van der Waals surface area contributed by atoms with Gasteiger partial charge in [-0.15, -0.1) is 0 Å². The molecule has 1 aliphatic rings. The van der Waals surface area contributed by atoms with Crippen LogP contribution in [0.4, 0.5) is 0 Å². The maximum absolute atomic E-state index is 11.2. The second-order valence-electron chi connectivity index (χ2n) is 4.94. The Balaban J connectivity index is 2.22. The number of nitrogens with one attached hydrogen (secondary N) is 1. The Morgan fingerprint density at radius 1 is 1.18 bits per heavy atom. The van der Waals surface area contributed by atoms with Gasteiger partial charge < -0.3 is 25.4 Å². The van der Waals surface area contributed by atoms with Gasteiger partial charge in [-0.3, -0.25) is 9.59 Å². The molecular formula is C14H15NO7. The molecule has 118 valence electrons. The molecule has 0 radical (unpaired) electrons. The minimum absolute atomic E-state index is 0.0599. The van der Waals surface area contributed by atoms with Gasteiger partial charge in [0, 0.05) is 12.5 Å². The third kappa shape index (κ3) is 3.34. The van der Waals surface area contributed by atoms with E-state index >= 15 is 0 Å². The normalized spacial score (nSPS) is 23.9. The van der Waals surface area contributed by atoms with Crippen LogP contribution in [0.5, 0.6) is 5.75 Å². The van der Waals surface area contributed by atoms with Crippen LogP contribution in [0.15, 0.2) is 24.3 Å². The Bertz CT molecular complexity index is 601. The molecule has 22 heavy (non-hydrogen) atoms. The Hall–Kier alpha value is -2.61. The number of rotatable bonds is 6. The molecule has 0 spiro atoms. The monoisotopic (exact) mass is 309 g/mol. The molecule has 0 aliphatic carbocycles. The summed E-state index contributed by atoms with van der Waals surface area (Å²) in [5.74, 6) is -4.19. The van der Waals surface area contributed by atoms with Crippen LogP contribution in [0.25, 0.3) is 0 Å². The van der Waals surface area contributed by atoms with E-state index in [0.29, 0.717) is 0 Å². The van der Waals surface area contributed by atoms with E-state index in [1.54, 1.807) is 6.07 Å². The highest BCUT2D eigenvalue weighted by Crippen LogP contribution is 2.27. The average Bonchev–Trinajstić information content (AvgIpc) is 2.81. The van der Waals surface area contributed by atoms with Crippen molar-refractivity contribution in [2.24, 2.45) is 5.92 Å². The fourth-order valence-corrected chi connectivity index (χ4v) is 2.52. The van der Waals surface area contributed by atoms with Crippen LogP contribution in [0.2, 0.25) is 0 Å². The first-order valence-electron chi connectivity index (χ1n) is 6.57. The van der Waals surface area contributed by atoms with Crippen molar-refractivity contribution in [3.63, 3.8) is 0 Å². The summed E-state index contributed by atoms with van der Waals surface area (Å²) < 4.78 is 5.59. The number of carbonyl (C=O) groups is 3. The van der Waals surface area contributed by atoms with Gasteiger partial charge in [0.2, 0.25) is 0 Å². The fourth-order valence-electron chi connectivity index (χ4n) is 2.52. The molecule has 8 heteroatoms. The third-order valence-electron chi connectivity index (χ3n) is 3.52. The summed E-state index contributed by atoms with van der Waals surface area (Å²) in [4.78, 5) is 33.2. The lowest BCUT2D eigenvalue weighted by molar-refractivity contribution is -0.142. The van der Waals surface area contributed by atoms with Crippen LogP contribution < -0.4 is 10.1 Å². The molecule has 0 amide bonds. The van der Waals surface area contributed by atoms with Crippen LogP contribution in [0.1, 0.15) is 16.8 Å². The zero-order valence-electron chi connectivity index (χ0n) is 11.4. The summed E-state index contributed by atoms with van der Waals surface area (Å²) in [5, 5.41) is 29.9. The number of carboxylic acid groups (broad SMARTS) is 3. The van der Waals surface area contributed by atoms with E-state index in [1.807, 2.05) is 0 Å². The van der Waals surface area contributed by atoms with Gasteiger partial charge in [0.05, 0.1) is 6.42 Å². The van der Waals surface area contributed by atoms with E-state index in [4.69, 9.17) is 20.1 Å². The van der Waals surface area contributed by atoms with Gasteiger partial charge in [0.15, 0.2) is 0 Å². The molecule has 0 bridgehead atoms. The smallest absolute Gasteiger partial charge is 0.339 e. The van der Waals surface area contributed by atoms with Crippen LogP contribution in [0.3, 0.4) is 0 Å². The van der Waals surface area contributed by atoms with E-state index < -0.39 is 36.0 Å². The van der Waals surface area contributed by atoms with Gasteiger partial charge >= 0.3 is 17.9 Å². The number of para-hydroxylation sites is 1. The summed E-state index contributed by atoms with van der Waals surface area (Å²) in [6.45, 7) is 0.128. The quantitative estimate of drug-likeness (QED) is 0.589. The van der Waals surface area contributed by atoms with E-state index in [-0.39, 0.29) is 24.3 Å². The van der Waals surface area contributed by atoms with E-state index in [2.05, 4.69) is 5.32 Å². The zero-order valence-corrected chi connectivity index (χ0v) is 11.4. The van der Waals surface area contributed by atoms with Gasteiger partial charge in [-0.05, 0) is 12.1 Å². The Kier molecular flexibility index (Phi) is 4.62. The highest BCUT2D eigenvalue weighted by molar-refractivity contribution is 5.90. The minimum atomic E-state index is -1.17. The second kappa shape index (κ2) is 6.44. The Morgan fingerprint density at radius 3 is 2.45 bits per heavy atom. The Morgan fingerprint density at radius 2 is 1.86 bits per heavy atom. The van der Waals surface area contributed by atoms with Crippen LogP contribution >= 0.6 is 0 Å². The first kappa shape index (κ1) is 15.8. The highest BCUT2D eigenvalue weighted by atomic mass is 16.5. The molecule has 0 unspecified atom stereocenters. The van der Waals surface area contributed by atoms with Crippen LogP contribution in [-0.4, -0.2) is 51.9 Å².